The number of allylic oxidation sites excluding steroid dienone is 4. The summed E-state index contributed by atoms with van der Waals surface area (Å²) in [6, 6.07) is 0. The smallest absolute Gasteiger partial charge is 0.356 e. The van der Waals surface area contributed by atoms with Crippen LogP contribution in [0.25, 0.3) is 0 Å². The minimum atomic E-state index is -3.58. The third-order valence-corrected chi connectivity index (χ3v) is 12.2. The van der Waals surface area contributed by atoms with E-state index in [0.717, 1.165) is 12.0 Å². The van der Waals surface area contributed by atoms with Gasteiger partial charge < -0.3 is 23.3 Å². The third-order valence-electron chi connectivity index (χ3n) is 10.4. The zero-order chi connectivity index (χ0) is 31.8. The molecule has 4 rings (SSSR count). The number of ketones is 2. The second-order valence-electron chi connectivity index (χ2n) is 12.8. The molecule has 4 aliphatic carbocycles. The second kappa shape index (κ2) is 12.7. The van der Waals surface area contributed by atoms with Crippen molar-refractivity contribution >= 4 is 31.1 Å². The highest BCUT2D eigenvalue weighted by Crippen LogP contribution is 2.69. The summed E-state index contributed by atoms with van der Waals surface area (Å²) in [6.07, 6.45) is 6.59. The molecular weight excluding hydrogens is 575 g/mol. The van der Waals surface area contributed by atoms with E-state index in [4.69, 9.17) is 23.3 Å². The van der Waals surface area contributed by atoms with Crippen molar-refractivity contribution in [3.63, 3.8) is 0 Å². The normalized spacial score (nSPS) is 36.7. The van der Waals surface area contributed by atoms with Crippen molar-refractivity contribution in [1.29, 1.82) is 0 Å². The first-order valence-electron chi connectivity index (χ1n) is 15.5. The molecule has 8 atom stereocenters. The quantitative estimate of drug-likeness (QED) is 0.201. The van der Waals surface area contributed by atoms with Gasteiger partial charge >= 0.3 is 19.5 Å². The Bertz CT molecular complexity index is 1230. The summed E-state index contributed by atoms with van der Waals surface area (Å²) in [7, 11) is -3.58. The summed E-state index contributed by atoms with van der Waals surface area (Å²) in [5.41, 5.74) is -1.86. The van der Waals surface area contributed by atoms with Crippen LogP contribution in [0.2, 0.25) is 0 Å². The largest absolute Gasteiger partial charge is 0.458 e. The first-order valence-corrected chi connectivity index (χ1v) is 17.3. The Morgan fingerprint density at radius 3 is 2.37 bits per heavy atom. The van der Waals surface area contributed by atoms with Crippen LogP contribution in [0.15, 0.2) is 23.8 Å². The van der Waals surface area contributed by atoms with Crippen LogP contribution in [0.5, 0.6) is 0 Å². The lowest BCUT2D eigenvalue weighted by Crippen LogP contribution is -2.64. The molecule has 0 spiro atoms. The maximum absolute atomic E-state index is 14.0. The topological polar surface area (TPSA) is 132 Å². The molecule has 0 amide bonds. The number of carbonyl (C=O) groups is 4. The van der Waals surface area contributed by atoms with Crippen molar-refractivity contribution in [1.82, 2.24) is 0 Å². The van der Waals surface area contributed by atoms with Crippen LogP contribution in [0, 0.1) is 34.5 Å². The van der Waals surface area contributed by atoms with Gasteiger partial charge in [-0.05, 0) is 69.4 Å². The molecular formula is C32H47O10P. The third kappa shape index (κ3) is 5.97. The first kappa shape index (κ1) is 33.8. The van der Waals surface area contributed by atoms with E-state index in [2.05, 4.69) is 13.8 Å². The molecule has 4 aliphatic rings. The molecule has 0 unspecified atom stereocenters. The van der Waals surface area contributed by atoms with Crippen molar-refractivity contribution in [2.24, 2.45) is 34.5 Å². The first-order chi connectivity index (χ1) is 20.2. The number of carbonyl (C=O) groups excluding carboxylic acids is 4. The fourth-order valence-corrected chi connectivity index (χ4v) is 10.2. The SMILES string of the molecule is CCOP(=O)(CO[C@H]1C[C@@]2(C)[C@@H](CC[C@]2(OC(=O)CC)C(=O)COC(C)=O)[C@@H]2C[C@H](C)C3=CC(=O)C=C[C@]3(C)[C@H]21)OCC. The number of esters is 2. The zero-order valence-electron chi connectivity index (χ0n) is 26.5. The minimum absolute atomic E-state index is 0.0271. The molecule has 10 nitrogen and oxygen atoms in total. The van der Waals surface area contributed by atoms with E-state index in [-0.39, 0.29) is 55.4 Å². The second-order valence-corrected chi connectivity index (χ2v) is 14.8. The molecule has 3 saturated carbocycles. The molecule has 11 heteroatoms. The average Bonchev–Trinajstić information content (AvgIpc) is 3.24. The van der Waals surface area contributed by atoms with Crippen LogP contribution in [0.4, 0.5) is 0 Å². The lowest BCUT2D eigenvalue weighted by molar-refractivity contribution is -0.205. The Kier molecular flexibility index (Phi) is 9.97. The maximum atomic E-state index is 14.0. The van der Waals surface area contributed by atoms with Crippen LogP contribution in [0.3, 0.4) is 0 Å². The summed E-state index contributed by atoms with van der Waals surface area (Å²) in [5, 5.41) is 0. The van der Waals surface area contributed by atoms with Crippen LogP contribution < -0.4 is 0 Å². The highest BCUT2D eigenvalue weighted by molar-refractivity contribution is 7.53. The number of ether oxygens (including phenoxy) is 3. The predicted octanol–water partition coefficient (Wildman–Crippen LogP) is 5.58. The highest BCUT2D eigenvalue weighted by Gasteiger charge is 2.71. The Morgan fingerprint density at radius 2 is 1.77 bits per heavy atom. The number of fused-ring (bicyclic) bond motifs is 5. The van der Waals surface area contributed by atoms with E-state index in [0.29, 0.717) is 19.3 Å². The van der Waals surface area contributed by atoms with Crippen molar-refractivity contribution < 1.29 is 47.0 Å². The monoisotopic (exact) mass is 622 g/mol. The van der Waals surface area contributed by atoms with Gasteiger partial charge in [0.05, 0.1) is 19.3 Å². The van der Waals surface area contributed by atoms with Gasteiger partial charge in [-0.25, -0.2) is 0 Å². The minimum Gasteiger partial charge on any atom is -0.458 e. The number of Topliss-reactive ketones (excluding diaryl/α,β-unsaturated/α-hetero) is 1. The van der Waals surface area contributed by atoms with E-state index in [9.17, 15) is 23.7 Å². The van der Waals surface area contributed by atoms with Gasteiger partial charge in [0.1, 0.15) is 6.35 Å². The number of rotatable bonds is 12. The maximum Gasteiger partial charge on any atom is 0.356 e. The Balaban J connectivity index is 1.83. The fourth-order valence-electron chi connectivity index (χ4n) is 8.79. The molecule has 3 fully saturated rings. The molecule has 240 valence electrons. The summed E-state index contributed by atoms with van der Waals surface area (Å²) < 4.78 is 42.5. The van der Waals surface area contributed by atoms with Gasteiger partial charge in [-0.15, -0.1) is 0 Å². The van der Waals surface area contributed by atoms with E-state index in [1.165, 1.54) is 6.92 Å². The standard InChI is InChI=1S/C32H47O10P/c1-8-28(36)42-32(27(35)18-38-21(5)33)14-12-24-23-15-20(4)25-16-22(34)11-13-30(25,6)29(23)26(17-31(24,32)7)39-19-43(37,40-9-2)41-10-3/h11,13,16,20,23-24,26,29H,8-10,12,14-15,17-19H2,1-7H3/t20-,23-,24-,26-,29+,30-,31-,32-/m0/s1. The Hall–Kier alpha value is -2.13. The molecule has 0 radical (unpaired) electrons. The molecule has 0 aliphatic heterocycles. The Labute approximate surface area is 254 Å². The van der Waals surface area contributed by atoms with E-state index < -0.39 is 54.5 Å². The molecule has 0 N–H and O–H groups in total. The van der Waals surface area contributed by atoms with E-state index in [1.807, 2.05) is 13.0 Å². The van der Waals surface area contributed by atoms with Gasteiger partial charge in [-0.2, -0.15) is 0 Å². The fraction of sp³-hybridized carbons (Fsp3) is 0.750. The lowest BCUT2D eigenvalue weighted by Gasteiger charge is -2.61. The van der Waals surface area contributed by atoms with Gasteiger partial charge in [0, 0.05) is 30.1 Å². The van der Waals surface area contributed by atoms with Crippen molar-refractivity contribution in [2.75, 3.05) is 26.2 Å². The molecule has 0 bridgehead atoms. The number of hydrogen-bond acceptors (Lipinski definition) is 10. The summed E-state index contributed by atoms with van der Waals surface area (Å²) in [4.78, 5) is 51.0. The molecule has 0 heterocycles. The van der Waals surface area contributed by atoms with Gasteiger partial charge in [0.25, 0.3) is 0 Å². The molecule has 0 aromatic carbocycles. The summed E-state index contributed by atoms with van der Waals surface area (Å²) >= 11 is 0. The van der Waals surface area contributed by atoms with Crippen molar-refractivity contribution in [3.05, 3.63) is 23.8 Å². The lowest BCUT2D eigenvalue weighted by atomic mass is 9.44. The van der Waals surface area contributed by atoms with Crippen LogP contribution >= 0.6 is 7.60 Å². The zero-order valence-corrected chi connectivity index (χ0v) is 27.4. The molecule has 43 heavy (non-hydrogen) atoms. The van der Waals surface area contributed by atoms with Crippen molar-refractivity contribution in [2.45, 2.75) is 92.3 Å². The molecule has 0 aromatic heterocycles. The summed E-state index contributed by atoms with van der Waals surface area (Å²) in [5.74, 6) is -1.61. The predicted molar refractivity (Wildman–Crippen MR) is 158 cm³/mol. The van der Waals surface area contributed by atoms with Gasteiger partial charge in [-0.3, -0.25) is 23.7 Å². The van der Waals surface area contributed by atoms with Crippen molar-refractivity contribution in [3.8, 4) is 0 Å². The Morgan fingerprint density at radius 1 is 1.09 bits per heavy atom. The van der Waals surface area contributed by atoms with Gasteiger partial charge in [-0.1, -0.05) is 39.3 Å². The number of hydrogen-bond donors (Lipinski definition) is 0. The van der Waals surface area contributed by atoms with E-state index >= 15 is 0 Å². The average molecular weight is 623 g/mol. The van der Waals surface area contributed by atoms with Gasteiger partial charge in [0.2, 0.25) is 5.78 Å². The highest BCUT2D eigenvalue weighted by atomic mass is 31.2. The summed E-state index contributed by atoms with van der Waals surface area (Å²) in [6.45, 7) is 12.5. The molecule has 0 aromatic rings. The van der Waals surface area contributed by atoms with E-state index in [1.54, 1.807) is 32.9 Å². The van der Waals surface area contributed by atoms with Crippen LogP contribution in [0.1, 0.15) is 80.6 Å². The van der Waals surface area contributed by atoms with Crippen LogP contribution in [-0.4, -0.2) is 61.4 Å². The van der Waals surface area contributed by atoms with Gasteiger partial charge in [0.15, 0.2) is 18.0 Å². The van der Waals surface area contributed by atoms with Crippen LogP contribution in [-0.2, 0) is 47.0 Å². The molecule has 0 saturated heterocycles.